The molecule has 1 aliphatic carbocycles. The Hall–Kier alpha value is -2.82. The van der Waals surface area contributed by atoms with E-state index in [1.54, 1.807) is 12.0 Å². The van der Waals surface area contributed by atoms with Crippen LogP contribution in [0.3, 0.4) is 0 Å². The van der Waals surface area contributed by atoms with Crippen molar-refractivity contribution in [1.82, 2.24) is 10.2 Å². The summed E-state index contributed by atoms with van der Waals surface area (Å²) in [4.78, 5) is 27.1. The van der Waals surface area contributed by atoms with Crippen LogP contribution in [-0.2, 0) is 22.6 Å². The van der Waals surface area contributed by atoms with Gasteiger partial charge in [-0.25, -0.2) is 0 Å². The molecule has 1 fully saturated rings. The summed E-state index contributed by atoms with van der Waals surface area (Å²) < 4.78 is 5.25. The summed E-state index contributed by atoms with van der Waals surface area (Å²) in [7, 11) is 1.63. The number of benzene rings is 2. The molecule has 28 heavy (non-hydrogen) atoms. The van der Waals surface area contributed by atoms with Gasteiger partial charge in [0.25, 0.3) is 0 Å². The van der Waals surface area contributed by atoms with Crippen molar-refractivity contribution in [2.24, 2.45) is 5.92 Å². The second kappa shape index (κ2) is 8.05. The Bertz CT molecular complexity index is 880. The van der Waals surface area contributed by atoms with Crippen molar-refractivity contribution in [3.63, 3.8) is 0 Å². The Morgan fingerprint density at radius 3 is 2.93 bits per heavy atom. The lowest BCUT2D eigenvalue weighted by atomic mass is 9.87. The highest BCUT2D eigenvalue weighted by molar-refractivity contribution is 5.89. The maximum absolute atomic E-state index is 12.9. The Kier molecular flexibility index (Phi) is 5.33. The number of rotatable bonds is 5. The first-order valence-electron chi connectivity index (χ1n) is 9.93. The Morgan fingerprint density at radius 1 is 1.21 bits per heavy atom. The van der Waals surface area contributed by atoms with E-state index in [0.717, 1.165) is 30.6 Å². The molecule has 1 heterocycles. The highest BCUT2D eigenvalue weighted by Crippen LogP contribution is 2.30. The fourth-order valence-corrected chi connectivity index (χ4v) is 4.29. The Balaban J connectivity index is 1.39. The zero-order valence-electron chi connectivity index (χ0n) is 16.2. The summed E-state index contributed by atoms with van der Waals surface area (Å²) in [5.41, 5.74) is 3.55. The van der Waals surface area contributed by atoms with Crippen LogP contribution in [0.2, 0.25) is 0 Å². The number of amides is 2. The average Bonchev–Trinajstić information content (AvgIpc) is 3.09. The van der Waals surface area contributed by atoms with Gasteiger partial charge < -0.3 is 15.0 Å². The third kappa shape index (κ3) is 3.88. The van der Waals surface area contributed by atoms with E-state index in [2.05, 4.69) is 23.5 Å². The summed E-state index contributed by atoms with van der Waals surface area (Å²) in [6, 6.07) is 16.1. The summed E-state index contributed by atoms with van der Waals surface area (Å²) in [5, 5.41) is 3.20. The molecule has 1 saturated heterocycles. The van der Waals surface area contributed by atoms with Crippen LogP contribution < -0.4 is 10.1 Å². The monoisotopic (exact) mass is 378 g/mol. The molecule has 2 atom stereocenters. The van der Waals surface area contributed by atoms with E-state index in [1.807, 2.05) is 30.3 Å². The standard InChI is InChI=1S/C23H26N2O3/c1-28-19-9-4-6-16(12-19)14-25-15-18(13-22(25)26)23(27)24-21-11-5-8-17-7-2-3-10-20(17)21/h2-4,6-7,9-10,12,18,21H,5,8,11,13-15H2,1H3,(H,24,27). The molecule has 4 rings (SSSR count). The molecule has 2 aliphatic rings. The third-order valence-corrected chi connectivity index (χ3v) is 5.78. The molecule has 2 aromatic carbocycles. The largest absolute Gasteiger partial charge is 0.497 e. The van der Waals surface area contributed by atoms with Crippen LogP contribution in [-0.4, -0.2) is 30.4 Å². The van der Waals surface area contributed by atoms with Crippen molar-refractivity contribution < 1.29 is 14.3 Å². The molecule has 5 nitrogen and oxygen atoms in total. The minimum absolute atomic E-state index is 0.0109. The summed E-state index contributed by atoms with van der Waals surface area (Å²) in [6.45, 7) is 0.975. The lowest BCUT2D eigenvalue weighted by Crippen LogP contribution is -2.36. The zero-order valence-corrected chi connectivity index (χ0v) is 16.2. The number of nitrogens with one attached hydrogen (secondary N) is 1. The predicted octanol–water partition coefficient (Wildman–Crippen LogP) is 3.24. The lowest BCUT2D eigenvalue weighted by Gasteiger charge is -2.27. The number of ether oxygens (including phenoxy) is 1. The fraction of sp³-hybridized carbons (Fsp3) is 0.391. The maximum atomic E-state index is 12.9. The molecule has 0 aromatic heterocycles. The quantitative estimate of drug-likeness (QED) is 0.869. The summed E-state index contributed by atoms with van der Waals surface area (Å²) in [6.07, 6.45) is 3.38. The van der Waals surface area contributed by atoms with Crippen molar-refractivity contribution in [2.45, 2.75) is 38.3 Å². The van der Waals surface area contributed by atoms with Gasteiger partial charge in [-0.15, -0.1) is 0 Å². The molecule has 146 valence electrons. The van der Waals surface area contributed by atoms with E-state index in [1.165, 1.54) is 11.1 Å². The number of likely N-dealkylation sites (tertiary alicyclic amines) is 1. The first-order valence-corrected chi connectivity index (χ1v) is 9.93. The number of methoxy groups -OCH3 is 1. The Morgan fingerprint density at radius 2 is 2.07 bits per heavy atom. The number of aryl methyl sites for hydroxylation is 1. The lowest BCUT2D eigenvalue weighted by molar-refractivity contribution is -0.129. The normalized spacial score (nSPS) is 21.3. The van der Waals surface area contributed by atoms with Gasteiger partial charge in [-0.05, 0) is 48.1 Å². The van der Waals surface area contributed by atoms with Gasteiger partial charge in [0.2, 0.25) is 11.8 Å². The summed E-state index contributed by atoms with van der Waals surface area (Å²) >= 11 is 0. The number of carbonyl (C=O) groups is 2. The number of hydrogen-bond acceptors (Lipinski definition) is 3. The van der Waals surface area contributed by atoms with E-state index in [0.29, 0.717) is 13.1 Å². The third-order valence-electron chi connectivity index (χ3n) is 5.78. The van der Waals surface area contributed by atoms with Gasteiger partial charge in [0.15, 0.2) is 0 Å². The van der Waals surface area contributed by atoms with E-state index in [9.17, 15) is 9.59 Å². The van der Waals surface area contributed by atoms with Gasteiger partial charge in [0.1, 0.15) is 5.75 Å². The average molecular weight is 378 g/mol. The van der Waals surface area contributed by atoms with Crippen molar-refractivity contribution in [3.05, 3.63) is 65.2 Å². The minimum Gasteiger partial charge on any atom is -0.497 e. The van der Waals surface area contributed by atoms with Crippen molar-refractivity contribution in [3.8, 4) is 5.75 Å². The van der Waals surface area contributed by atoms with Crippen LogP contribution in [0, 0.1) is 5.92 Å². The molecule has 2 aromatic rings. The molecule has 2 amide bonds. The first kappa shape index (κ1) is 18.5. The minimum atomic E-state index is -0.285. The maximum Gasteiger partial charge on any atom is 0.225 e. The molecule has 0 saturated carbocycles. The number of fused-ring (bicyclic) bond motifs is 1. The van der Waals surface area contributed by atoms with Crippen LogP contribution in [0.4, 0.5) is 0 Å². The molecule has 0 radical (unpaired) electrons. The molecule has 1 aliphatic heterocycles. The molecule has 0 spiro atoms. The molecule has 2 unspecified atom stereocenters. The summed E-state index contributed by atoms with van der Waals surface area (Å²) in [5.74, 6) is 0.511. The highest BCUT2D eigenvalue weighted by Gasteiger charge is 2.35. The van der Waals surface area contributed by atoms with Gasteiger partial charge in [-0.1, -0.05) is 36.4 Å². The van der Waals surface area contributed by atoms with Crippen LogP contribution in [0.1, 0.15) is 42.0 Å². The van der Waals surface area contributed by atoms with Crippen LogP contribution in [0.15, 0.2) is 48.5 Å². The van der Waals surface area contributed by atoms with Crippen molar-refractivity contribution >= 4 is 11.8 Å². The smallest absolute Gasteiger partial charge is 0.225 e. The van der Waals surface area contributed by atoms with Crippen LogP contribution in [0.25, 0.3) is 0 Å². The van der Waals surface area contributed by atoms with Gasteiger partial charge in [0.05, 0.1) is 19.1 Å². The van der Waals surface area contributed by atoms with Gasteiger partial charge >= 0.3 is 0 Å². The van der Waals surface area contributed by atoms with Crippen LogP contribution >= 0.6 is 0 Å². The van der Waals surface area contributed by atoms with Gasteiger partial charge in [-0.2, -0.15) is 0 Å². The topological polar surface area (TPSA) is 58.6 Å². The second-order valence-corrected chi connectivity index (χ2v) is 7.68. The Labute approximate surface area is 165 Å². The van der Waals surface area contributed by atoms with E-state index in [4.69, 9.17) is 4.74 Å². The molecule has 1 N–H and O–H groups in total. The predicted molar refractivity (Wildman–Crippen MR) is 107 cm³/mol. The highest BCUT2D eigenvalue weighted by atomic mass is 16.5. The van der Waals surface area contributed by atoms with E-state index < -0.39 is 0 Å². The second-order valence-electron chi connectivity index (χ2n) is 7.68. The number of carbonyl (C=O) groups excluding carboxylic acids is 2. The van der Waals surface area contributed by atoms with Crippen molar-refractivity contribution in [2.75, 3.05) is 13.7 Å². The number of nitrogens with zero attached hydrogens (tertiary/aromatic N) is 1. The van der Waals surface area contributed by atoms with Crippen molar-refractivity contribution in [1.29, 1.82) is 0 Å². The van der Waals surface area contributed by atoms with Gasteiger partial charge in [-0.3, -0.25) is 9.59 Å². The van der Waals surface area contributed by atoms with E-state index >= 15 is 0 Å². The molecular weight excluding hydrogens is 352 g/mol. The molecule has 5 heteroatoms. The first-order chi connectivity index (χ1) is 13.6. The molecule has 0 bridgehead atoms. The zero-order chi connectivity index (χ0) is 19.5. The SMILES string of the molecule is COc1cccc(CN2CC(C(=O)NC3CCCc4ccccc43)CC2=O)c1. The molecular formula is C23H26N2O3. The fourth-order valence-electron chi connectivity index (χ4n) is 4.29. The van der Waals surface area contributed by atoms with E-state index in [-0.39, 0.29) is 30.2 Å². The number of hydrogen-bond donors (Lipinski definition) is 1. The van der Waals surface area contributed by atoms with Crippen LogP contribution in [0.5, 0.6) is 5.75 Å². The van der Waals surface area contributed by atoms with Gasteiger partial charge in [0, 0.05) is 19.5 Å².